The number of hydrogen-bond donors (Lipinski definition) is 2. The van der Waals surface area contributed by atoms with Crippen LogP contribution in [0.3, 0.4) is 0 Å². The van der Waals surface area contributed by atoms with Crippen LogP contribution in [0.5, 0.6) is 0 Å². The molecule has 0 spiro atoms. The topological polar surface area (TPSA) is 92.7 Å². The van der Waals surface area contributed by atoms with Crippen molar-refractivity contribution in [1.82, 2.24) is 5.32 Å². The van der Waals surface area contributed by atoms with Gasteiger partial charge in [0, 0.05) is 5.56 Å². The first-order valence-electron chi connectivity index (χ1n) is 7.94. The minimum Gasteiger partial charge on any atom is -0.480 e. The molecule has 130 valence electrons. The first-order valence-corrected chi connectivity index (χ1v) is 7.94. The predicted molar refractivity (Wildman–Crippen MR) is 82.9 cm³/mol. The van der Waals surface area contributed by atoms with Crippen molar-refractivity contribution in [3.8, 4) is 0 Å². The van der Waals surface area contributed by atoms with Crippen molar-refractivity contribution in [2.45, 2.75) is 50.7 Å². The first-order chi connectivity index (χ1) is 11.5. The van der Waals surface area contributed by atoms with Gasteiger partial charge in [0.15, 0.2) is 0 Å². The SMILES string of the molecule is O=C(C[C@H](NC(=O)c1ccc(F)cc1)C(=O)O)OC1CCCCC1. The molecule has 0 bridgehead atoms. The van der Waals surface area contributed by atoms with Gasteiger partial charge in [-0.25, -0.2) is 9.18 Å². The highest BCUT2D eigenvalue weighted by atomic mass is 19.1. The highest BCUT2D eigenvalue weighted by molar-refractivity contribution is 5.97. The number of carboxylic acid groups (broad SMARTS) is 1. The van der Waals surface area contributed by atoms with Gasteiger partial charge in [-0.05, 0) is 49.9 Å². The lowest BCUT2D eigenvalue weighted by atomic mass is 9.98. The van der Waals surface area contributed by atoms with Crippen LogP contribution >= 0.6 is 0 Å². The third-order valence-corrected chi connectivity index (χ3v) is 3.93. The van der Waals surface area contributed by atoms with Crippen LogP contribution < -0.4 is 5.32 Å². The molecule has 0 saturated heterocycles. The molecule has 1 aromatic rings. The van der Waals surface area contributed by atoms with Crippen molar-refractivity contribution in [1.29, 1.82) is 0 Å². The van der Waals surface area contributed by atoms with E-state index in [1.54, 1.807) is 0 Å². The van der Waals surface area contributed by atoms with Crippen molar-refractivity contribution in [3.05, 3.63) is 35.6 Å². The van der Waals surface area contributed by atoms with E-state index >= 15 is 0 Å². The Labute approximate surface area is 139 Å². The average molecular weight is 337 g/mol. The van der Waals surface area contributed by atoms with Crippen molar-refractivity contribution >= 4 is 17.8 Å². The van der Waals surface area contributed by atoms with Gasteiger partial charge >= 0.3 is 11.9 Å². The summed E-state index contributed by atoms with van der Waals surface area (Å²) < 4.78 is 18.1. The standard InChI is InChI=1S/C17H20FNO5/c18-12-8-6-11(7-9-12)16(21)19-14(17(22)23)10-15(20)24-13-4-2-1-3-5-13/h6-9,13-14H,1-5,10H2,(H,19,21)(H,22,23)/t14-/m0/s1. The number of halogens is 1. The Morgan fingerprint density at radius 1 is 1.17 bits per heavy atom. The molecule has 1 aliphatic carbocycles. The van der Waals surface area contributed by atoms with Crippen LogP contribution in [0.2, 0.25) is 0 Å². The molecule has 0 aromatic heterocycles. The van der Waals surface area contributed by atoms with Crippen molar-refractivity contribution in [2.75, 3.05) is 0 Å². The second kappa shape index (κ2) is 8.42. The van der Waals surface area contributed by atoms with E-state index in [2.05, 4.69) is 5.32 Å². The molecule has 6 nitrogen and oxygen atoms in total. The zero-order valence-corrected chi connectivity index (χ0v) is 13.2. The Morgan fingerprint density at radius 2 is 1.79 bits per heavy atom. The summed E-state index contributed by atoms with van der Waals surface area (Å²) in [5.74, 6) is -3.16. The van der Waals surface area contributed by atoms with Gasteiger partial charge in [-0.2, -0.15) is 0 Å². The summed E-state index contributed by atoms with van der Waals surface area (Å²) in [7, 11) is 0. The number of ether oxygens (including phenoxy) is 1. The maximum Gasteiger partial charge on any atom is 0.326 e. The highest BCUT2D eigenvalue weighted by Crippen LogP contribution is 2.20. The van der Waals surface area contributed by atoms with Gasteiger partial charge in [0.05, 0.1) is 6.42 Å². The minimum absolute atomic E-state index is 0.114. The number of benzene rings is 1. The molecule has 1 aromatic carbocycles. The van der Waals surface area contributed by atoms with Gasteiger partial charge in [0.1, 0.15) is 18.0 Å². The molecular formula is C17H20FNO5. The van der Waals surface area contributed by atoms with Crippen LogP contribution in [0.4, 0.5) is 4.39 Å². The molecule has 0 unspecified atom stereocenters. The summed E-state index contributed by atoms with van der Waals surface area (Å²) in [5, 5.41) is 11.4. The molecule has 24 heavy (non-hydrogen) atoms. The van der Waals surface area contributed by atoms with E-state index in [4.69, 9.17) is 4.74 Å². The second-order valence-electron chi connectivity index (χ2n) is 5.83. The van der Waals surface area contributed by atoms with Crippen molar-refractivity contribution in [3.63, 3.8) is 0 Å². The molecule has 0 heterocycles. The Hall–Kier alpha value is -2.44. The molecule has 2 rings (SSSR count). The molecule has 0 radical (unpaired) electrons. The maximum atomic E-state index is 12.8. The summed E-state index contributed by atoms with van der Waals surface area (Å²) in [4.78, 5) is 35.2. The molecule has 1 saturated carbocycles. The number of carbonyl (C=O) groups excluding carboxylic acids is 2. The van der Waals surface area contributed by atoms with Gasteiger partial charge in [-0.3, -0.25) is 9.59 Å². The van der Waals surface area contributed by atoms with Crippen LogP contribution in [-0.4, -0.2) is 35.1 Å². The summed E-state index contributed by atoms with van der Waals surface area (Å²) in [6.07, 6.45) is 4.03. The molecule has 1 atom stereocenters. The Balaban J connectivity index is 1.91. The van der Waals surface area contributed by atoms with Crippen LogP contribution in [0, 0.1) is 5.82 Å². The molecule has 0 aliphatic heterocycles. The van der Waals surface area contributed by atoms with Crippen LogP contribution in [0.25, 0.3) is 0 Å². The predicted octanol–water partition coefficient (Wildman–Crippen LogP) is 2.27. The Morgan fingerprint density at radius 3 is 2.38 bits per heavy atom. The lowest BCUT2D eigenvalue weighted by Gasteiger charge is -2.22. The summed E-state index contributed by atoms with van der Waals surface area (Å²) in [5.41, 5.74) is 0.114. The molecule has 7 heteroatoms. The van der Waals surface area contributed by atoms with E-state index in [0.717, 1.165) is 44.2 Å². The maximum absolute atomic E-state index is 12.8. The Kier molecular flexibility index (Phi) is 6.28. The lowest BCUT2D eigenvalue weighted by molar-refractivity contribution is -0.154. The van der Waals surface area contributed by atoms with Gasteiger partial charge in [-0.15, -0.1) is 0 Å². The fraction of sp³-hybridized carbons (Fsp3) is 0.471. The van der Waals surface area contributed by atoms with E-state index < -0.39 is 36.1 Å². The fourth-order valence-electron chi connectivity index (χ4n) is 2.63. The van der Waals surface area contributed by atoms with Gasteiger partial charge in [0.2, 0.25) is 0 Å². The third kappa shape index (κ3) is 5.33. The van der Waals surface area contributed by atoms with E-state index in [0.29, 0.717) is 0 Å². The van der Waals surface area contributed by atoms with Crippen LogP contribution in [0.1, 0.15) is 48.9 Å². The second-order valence-corrected chi connectivity index (χ2v) is 5.83. The number of nitrogens with one attached hydrogen (secondary N) is 1. The van der Waals surface area contributed by atoms with Crippen molar-refractivity contribution < 1.29 is 28.6 Å². The number of aliphatic carboxylic acids is 1. The van der Waals surface area contributed by atoms with Gasteiger partial charge in [-0.1, -0.05) is 6.42 Å². The highest BCUT2D eigenvalue weighted by Gasteiger charge is 2.26. The average Bonchev–Trinajstić information content (AvgIpc) is 2.55. The number of hydrogen-bond acceptors (Lipinski definition) is 4. The summed E-state index contributed by atoms with van der Waals surface area (Å²) in [6.45, 7) is 0. The van der Waals surface area contributed by atoms with E-state index in [9.17, 15) is 23.9 Å². The molecule has 1 fully saturated rings. The van der Waals surface area contributed by atoms with Crippen LogP contribution in [0.15, 0.2) is 24.3 Å². The van der Waals surface area contributed by atoms with E-state index in [1.807, 2.05) is 0 Å². The molecular weight excluding hydrogens is 317 g/mol. The quantitative estimate of drug-likeness (QED) is 0.777. The number of carboxylic acids is 1. The lowest BCUT2D eigenvalue weighted by Crippen LogP contribution is -2.42. The van der Waals surface area contributed by atoms with E-state index in [-0.39, 0.29) is 11.7 Å². The molecule has 1 aliphatic rings. The smallest absolute Gasteiger partial charge is 0.326 e. The fourth-order valence-corrected chi connectivity index (χ4v) is 2.63. The number of esters is 1. The largest absolute Gasteiger partial charge is 0.480 e. The Bertz CT molecular complexity index is 596. The zero-order chi connectivity index (χ0) is 17.5. The van der Waals surface area contributed by atoms with Gasteiger partial charge in [0.25, 0.3) is 5.91 Å². The zero-order valence-electron chi connectivity index (χ0n) is 13.2. The van der Waals surface area contributed by atoms with Crippen LogP contribution in [-0.2, 0) is 14.3 Å². The molecule has 2 N–H and O–H groups in total. The summed E-state index contributed by atoms with van der Waals surface area (Å²) >= 11 is 0. The molecule has 1 amide bonds. The first kappa shape index (κ1) is 17.9. The van der Waals surface area contributed by atoms with Crippen molar-refractivity contribution in [2.24, 2.45) is 0 Å². The summed E-state index contributed by atoms with van der Waals surface area (Å²) in [6, 6.07) is 3.29. The monoisotopic (exact) mass is 337 g/mol. The number of rotatable bonds is 6. The number of amides is 1. The number of carbonyl (C=O) groups is 3. The third-order valence-electron chi connectivity index (χ3n) is 3.93. The van der Waals surface area contributed by atoms with E-state index in [1.165, 1.54) is 12.1 Å². The normalized spacial score (nSPS) is 16.2. The minimum atomic E-state index is -1.39. The van der Waals surface area contributed by atoms with Gasteiger partial charge < -0.3 is 15.2 Å².